The lowest BCUT2D eigenvalue weighted by molar-refractivity contribution is -0.118. The van der Waals surface area contributed by atoms with Crippen molar-refractivity contribution in [1.82, 2.24) is 0 Å². The SMILES string of the molecule is C=CCC(=O)CCCCCCC(c1ccccc1)c1ccccc1. The van der Waals surface area contributed by atoms with E-state index in [1.54, 1.807) is 6.08 Å². The molecule has 0 spiro atoms. The summed E-state index contributed by atoms with van der Waals surface area (Å²) in [6, 6.07) is 21.5. The molecule has 126 valence electrons. The van der Waals surface area contributed by atoms with E-state index in [2.05, 4.69) is 67.2 Å². The summed E-state index contributed by atoms with van der Waals surface area (Å²) in [6.07, 6.45) is 8.62. The van der Waals surface area contributed by atoms with Crippen molar-refractivity contribution >= 4 is 5.78 Å². The topological polar surface area (TPSA) is 17.1 Å². The lowest BCUT2D eigenvalue weighted by Gasteiger charge is -2.18. The van der Waals surface area contributed by atoms with E-state index in [1.165, 1.54) is 24.0 Å². The van der Waals surface area contributed by atoms with Crippen LogP contribution < -0.4 is 0 Å². The summed E-state index contributed by atoms with van der Waals surface area (Å²) in [5.41, 5.74) is 2.79. The molecule has 0 heterocycles. The molecule has 0 fully saturated rings. The van der Waals surface area contributed by atoms with Crippen LogP contribution in [0.5, 0.6) is 0 Å². The largest absolute Gasteiger partial charge is 0.299 e. The van der Waals surface area contributed by atoms with Gasteiger partial charge in [0.25, 0.3) is 0 Å². The molecule has 0 bridgehead atoms. The first-order valence-electron chi connectivity index (χ1n) is 9.03. The number of rotatable bonds is 11. The van der Waals surface area contributed by atoms with E-state index in [4.69, 9.17) is 0 Å². The second-order valence-electron chi connectivity index (χ2n) is 6.36. The molecule has 0 amide bonds. The molecule has 0 atom stereocenters. The van der Waals surface area contributed by atoms with E-state index in [-0.39, 0.29) is 0 Å². The lowest BCUT2D eigenvalue weighted by Crippen LogP contribution is -2.01. The number of carbonyl (C=O) groups is 1. The van der Waals surface area contributed by atoms with Crippen LogP contribution in [0, 0.1) is 0 Å². The average molecular weight is 320 g/mol. The van der Waals surface area contributed by atoms with Crippen molar-refractivity contribution in [3.05, 3.63) is 84.4 Å². The predicted octanol–water partition coefficient (Wildman–Crippen LogP) is 6.30. The summed E-state index contributed by atoms with van der Waals surface area (Å²) in [5.74, 6) is 0.784. The van der Waals surface area contributed by atoms with Gasteiger partial charge >= 0.3 is 0 Å². The van der Waals surface area contributed by atoms with Crippen LogP contribution in [0.1, 0.15) is 62.0 Å². The molecule has 0 unspecified atom stereocenters. The molecule has 24 heavy (non-hydrogen) atoms. The minimum absolute atomic E-state index is 0.316. The van der Waals surface area contributed by atoms with E-state index in [9.17, 15) is 4.79 Å². The molecular weight excluding hydrogens is 292 g/mol. The molecule has 0 saturated heterocycles. The summed E-state index contributed by atoms with van der Waals surface area (Å²) < 4.78 is 0. The van der Waals surface area contributed by atoms with Crippen LogP contribution >= 0.6 is 0 Å². The average Bonchev–Trinajstić information content (AvgIpc) is 2.63. The maximum Gasteiger partial charge on any atom is 0.136 e. The third kappa shape index (κ3) is 6.16. The molecule has 2 aromatic rings. The third-order valence-corrected chi connectivity index (χ3v) is 4.47. The highest BCUT2D eigenvalue weighted by Gasteiger charge is 2.13. The molecule has 0 aromatic heterocycles. The van der Waals surface area contributed by atoms with Crippen LogP contribution in [0.15, 0.2) is 73.3 Å². The molecule has 2 aromatic carbocycles. The molecule has 2 rings (SSSR count). The van der Waals surface area contributed by atoms with Crippen LogP contribution in [-0.2, 0) is 4.79 Å². The van der Waals surface area contributed by atoms with Crippen molar-refractivity contribution in [3.8, 4) is 0 Å². The highest BCUT2D eigenvalue weighted by Crippen LogP contribution is 2.29. The van der Waals surface area contributed by atoms with Gasteiger partial charge in [-0.1, -0.05) is 86.0 Å². The second kappa shape index (κ2) is 10.6. The normalized spacial score (nSPS) is 10.7. The van der Waals surface area contributed by atoms with Crippen molar-refractivity contribution in [2.45, 2.75) is 50.9 Å². The van der Waals surface area contributed by atoms with Crippen LogP contribution in [0.2, 0.25) is 0 Å². The predicted molar refractivity (Wildman–Crippen MR) is 102 cm³/mol. The van der Waals surface area contributed by atoms with Crippen LogP contribution in [0.3, 0.4) is 0 Å². The second-order valence-corrected chi connectivity index (χ2v) is 6.36. The Morgan fingerprint density at radius 3 is 1.92 bits per heavy atom. The molecule has 1 nitrogen and oxygen atoms in total. The van der Waals surface area contributed by atoms with Gasteiger partial charge < -0.3 is 0 Å². The van der Waals surface area contributed by atoms with Crippen molar-refractivity contribution in [1.29, 1.82) is 0 Å². The highest BCUT2D eigenvalue weighted by molar-refractivity contribution is 5.79. The monoisotopic (exact) mass is 320 g/mol. The van der Waals surface area contributed by atoms with Gasteiger partial charge in [0.05, 0.1) is 0 Å². The van der Waals surface area contributed by atoms with Gasteiger partial charge in [-0.15, -0.1) is 6.58 Å². The molecule has 0 aliphatic carbocycles. The summed E-state index contributed by atoms with van der Waals surface area (Å²) in [4.78, 5) is 11.5. The van der Waals surface area contributed by atoms with E-state index < -0.39 is 0 Å². The van der Waals surface area contributed by atoms with E-state index in [0.29, 0.717) is 24.5 Å². The zero-order chi connectivity index (χ0) is 17.0. The van der Waals surface area contributed by atoms with E-state index in [0.717, 1.165) is 19.3 Å². The Morgan fingerprint density at radius 1 is 0.833 bits per heavy atom. The van der Waals surface area contributed by atoms with Gasteiger partial charge in [0, 0.05) is 18.8 Å². The lowest BCUT2D eigenvalue weighted by atomic mass is 9.87. The van der Waals surface area contributed by atoms with Crippen molar-refractivity contribution in [2.24, 2.45) is 0 Å². The zero-order valence-electron chi connectivity index (χ0n) is 14.5. The summed E-state index contributed by atoms with van der Waals surface area (Å²) in [5, 5.41) is 0. The van der Waals surface area contributed by atoms with Gasteiger partial charge in [-0.2, -0.15) is 0 Å². The van der Waals surface area contributed by atoms with Crippen molar-refractivity contribution < 1.29 is 4.79 Å². The van der Waals surface area contributed by atoms with Crippen LogP contribution in [0.25, 0.3) is 0 Å². The number of hydrogen-bond acceptors (Lipinski definition) is 1. The number of allylic oxidation sites excluding steroid dienone is 1. The molecule has 0 aliphatic heterocycles. The fourth-order valence-corrected chi connectivity index (χ4v) is 3.18. The Hall–Kier alpha value is -2.15. The van der Waals surface area contributed by atoms with Gasteiger partial charge in [-0.25, -0.2) is 0 Å². The molecule has 0 aliphatic rings. The number of carbonyl (C=O) groups excluding carboxylic acids is 1. The summed E-state index contributed by atoms with van der Waals surface area (Å²) in [7, 11) is 0. The molecular formula is C23H28O. The van der Waals surface area contributed by atoms with Gasteiger partial charge in [-0.05, 0) is 24.0 Å². The highest BCUT2D eigenvalue weighted by atomic mass is 16.1. The Bertz CT molecular complexity index is 561. The smallest absolute Gasteiger partial charge is 0.136 e. The number of unbranched alkanes of at least 4 members (excludes halogenated alkanes) is 3. The maximum absolute atomic E-state index is 11.5. The van der Waals surface area contributed by atoms with Gasteiger partial charge in [0.2, 0.25) is 0 Å². The van der Waals surface area contributed by atoms with Crippen LogP contribution in [-0.4, -0.2) is 5.78 Å². The van der Waals surface area contributed by atoms with E-state index in [1.807, 2.05) is 0 Å². The fraction of sp³-hybridized carbons (Fsp3) is 0.348. The van der Waals surface area contributed by atoms with Crippen LogP contribution in [0.4, 0.5) is 0 Å². The minimum atomic E-state index is 0.316. The Balaban J connectivity index is 1.82. The first kappa shape index (κ1) is 18.2. The number of hydrogen-bond donors (Lipinski definition) is 0. The van der Waals surface area contributed by atoms with Crippen molar-refractivity contribution in [2.75, 3.05) is 0 Å². The first-order valence-corrected chi connectivity index (χ1v) is 9.03. The Kier molecular flexibility index (Phi) is 8.03. The Morgan fingerprint density at radius 2 is 1.38 bits per heavy atom. The zero-order valence-corrected chi connectivity index (χ0v) is 14.5. The standard InChI is InChI=1S/C23H28O/c1-2-13-22(24)18-11-3-4-12-19-23(20-14-7-5-8-15-20)21-16-9-6-10-17-21/h2,5-10,14-17,23H,1,3-4,11-13,18-19H2. The summed E-state index contributed by atoms with van der Waals surface area (Å²) >= 11 is 0. The quantitative estimate of drug-likeness (QED) is 0.350. The maximum atomic E-state index is 11.5. The molecule has 0 saturated carbocycles. The van der Waals surface area contributed by atoms with Gasteiger partial charge in [0.15, 0.2) is 0 Å². The Labute approximate surface area is 146 Å². The molecule has 1 heteroatoms. The number of Topliss-reactive ketones (excluding diaryl/α,β-unsaturated/α-hetero) is 1. The van der Waals surface area contributed by atoms with E-state index >= 15 is 0 Å². The molecule has 0 radical (unpaired) electrons. The molecule has 0 N–H and O–H groups in total. The van der Waals surface area contributed by atoms with Gasteiger partial charge in [0.1, 0.15) is 5.78 Å². The van der Waals surface area contributed by atoms with Gasteiger partial charge in [-0.3, -0.25) is 4.79 Å². The number of benzene rings is 2. The number of ketones is 1. The summed E-state index contributed by atoms with van der Waals surface area (Å²) in [6.45, 7) is 3.61. The first-order chi connectivity index (χ1) is 11.8. The fourth-order valence-electron chi connectivity index (χ4n) is 3.18. The minimum Gasteiger partial charge on any atom is -0.299 e. The van der Waals surface area contributed by atoms with Crippen molar-refractivity contribution in [3.63, 3.8) is 0 Å². The third-order valence-electron chi connectivity index (χ3n) is 4.47.